The topological polar surface area (TPSA) is 137 Å². The lowest BCUT2D eigenvalue weighted by molar-refractivity contribution is -0.137. The molecular formula is C22H22N4O7S3. The number of fused-ring (bicyclic) bond motifs is 1. The molecule has 1 amide bonds. The summed E-state index contributed by atoms with van der Waals surface area (Å²) >= 11 is 2.20. The minimum atomic E-state index is -4.03. The maximum Gasteiger partial charge on any atom is 0.316 e. The van der Waals surface area contributed by atoms with E-state index >= 15 is 0 Å². The van der Waals surface area contributed by atoms with Crippen molar-refractivity contribution in [1.29, 1.82) is 0 Å². The Kier molecular flexibility index (Phi) is 7.66. The van der Waals surface area contributed by atoms with Gasteiger partial charge < -0.3 is 14.2 Å². The largest absolute Gasteiger partial charge is 0.497 e. The number of rotatable bonds is 8. The van der Waals surface area contributed by atoms with Crippen molar-refractivity contribution in [3.05, 3.63) is 48.0 Å². The summed E-state index contributed by atoms with van der Waals surface area (Å²) in [6.07, 6.45) is -1.15. The number of methoxy groups -OCH3 is 2. The molecule has 2 aromatic carbocycles. The van der Waals surface area contributed by atoms with Crippen LogP contribution in [-0.2, 0) is 24.3 Å². The van der Waals surface area contributed by atoms with Gasteiger partial charge in [-0.05, 0) is 48.9 Å². The molecule has 1 atom stereocenters. The predicted octanol–water partition coefficient (Wildman–Crippen LogP) is 2.72. The highest BCUT2D eigenvalue weighted by atomic mass is 32.2. The molecule has 1 aliphatic heterocycles. The molecule has 14 heteroatoms. The number of aryl methyl sites for hydroxylation is 1. The van der Waals surface area contributed by atoms with Crippen LogP contribution in [0.15, 0.2) is 51.7 Å². The zero-order valence-electron chi connectivity index (χ0n) is 19.5. The van der Waals surface area contributed by atoms with Gasteiger partial charge in [0.15, 0.2) is 10.4 Å². The third-order valence-electron chi connectivity index (χ3n) is 5.10. The third kappa shape index (κ3) is 5.55. The monoisotopic (exact) mass is 550 g/mol. The Morgan fingerprint density at radius 3 is 2.64 bits per heavy atom. The van der Waals surface area contributed by atoms with Gasteiger partial charge in [-0.3, -0.25) is 19.2 Å². The van der Waals surface area contributed by atoms with Gasteiger partial charge in [-0.2, -0.15) is 0 Å². The minimum Gasteiger partial charge on any atom is -0.497 e. The van der Waals surface area contributed by atoms with E-state index < -0.39 is 28.0 Å². The zero-order valence-corrected chi connectivity index (χ0v) is 21.9. The summed E-state index contributed by atoms with van der Waals surface area (Å²) in [5.41, 5.74) is 1.17. The van der Waals surface area contributed by atoms with Gasteiger partial charge in [0.05, 0.1) is 37.1 Å². The van der Waals surface area contributed by atoms with Crippen molar-refractivity contribution >= 4 is 55.8 Å². The fraction of sp³-hybridized carbons (Fsp3) is 0.273. The van der Waals surface area contributed by atoms with Crippen molar-refractivity contribution in [1.82, 2.24) is 10.2 Å². The molecule has 0 radical (unpaired) electrons. The first-order chi connectivity index (χ1) is 17.2. The van der Waals surface area contributed by atoms with Crippen LogP contribution in [0.5, 0.6) is 11.5 Å². The number of hydrogen-bond donors (Lipinski definition) is 1. The van der Waals surface area contributed by atoms with E-state index in [1.165, 1.54) is 30.7 Å². The van der Waals surface area contributed by atoms with Gasteiger partial charge in [0.1, 0.15) is 11.5 Å². The Bertz CT molecular complexity index is 1380. The smallest absolute Gasteiger partial charge is 0.316 e. The number of hydrogen-bond acceptors (Lipinski definition) is 11. The molecule has 1 unspecified atom stereocenters. The summed E-state index contributed by atoms with van der Waals surface area (Å²) < 4.78 is 44.4. The number of aromatic nitrogens is 2. The van der Waals surface area contributed by atoms with Gasteiger partial charge in [-0.15, -0.1) is 10.2 Å². The quantitative estimate of drug-likeness (QED) is 0.253. The normalized spacial score (nSPS) is 15.0. The van der Waals surface area contributed by atoms with Crippen molar-refractivity contribution < 1.29 is 32.2 Å². The predicted molar refractivity (Wildman–Crippen MR) is 134 cm³/mol. The van der Waals surface area contributed by atoms with E-state index in [9.17, 15) is 18.0 Å². The van der Waals surface area contributed by atoms with Crippen LogP contribution in [0.25, 0.3) is 0 Å². The van der Waals surface area contributed by atoms with Gasteiger partial charge in [0.25, 0.3) is 15.9 Å². The van der Waals surface area contributed by atoms with E-state index in [0.29, 0.717) is 15.8 Å². The van der Waals surface area contributed by atoms with E-state index in [2.05, 4.69) is 20.3 Å². The molecule has 1 aliphatic rings. The number of carbonyl (C=O) groups is 2. The Balaban J connectivity index is 1.57. The Morgan fingerprint density at radius 1 is 1.19 bits per heavy atom. The molecule has 0 spiro atoms. The van der Waals surface area contributed by atoms with Crippen LogP contribution < -0.4 is 19.1 Å². The van der Waals surface area contributed by atoms with Crippen LogP contribution in [-0.4, -0.2) is 63.1 Å². The molecule has 36 heavy (non-hydrogen) atoms. The summed E-state index contributed by atoms with van der Waals surface area (Å²) in [6.45, 7) is 1.59. The second-order valence-electron chi connectivity index (χ2n) is 7.52. The molecule has 0 aliphatic carbocycles. The minimum absolute atomic E-state index is 0.0493. The van der Waals surface area contributed by atoms with E-state index in [0.717, 1.165) is 28.7 Å². The lowest BCUT2D eigenvalue weighted by atomic mass is 10.1. The van der Waals surface area contributed by atoms with Crippen LogP contribution in [0.2, 0.25) is 0 Å². The van der Waals surface area contributed by atoms with Crippen molar-refractivity contribution in [2.75, 3.05) is 36.1 Å². The van der Waals surface area contributed by atoms with Crippen molar-refractivity contribution in [3.8, 4) is 11.5 Å². The van der Waals surface area contributed by atoms with Gasteiger partial charge in [0, 0.05) is 0 Å². The highest BCUT2D eigenvalue weighted by Gasteiger charge is 2.38. The SMILES string of the molecule is COC(=O)CSc1nnc(NC(=O)C2CN(S(=O)(=O)c3ccc(OC)cc3)c3cc(C)ccc3O2)s1. The molecule has 1 N–H and O–H groups in total. The molecule has 4 rings (SSSR count). The van der Waals surface area contributed by atoms with Crippen LogP contribution >= 0.6 is 23.1 Å². The summed E-state index contributed by atoms with van der Waals surface area (Å²) in [7, 11) is -1.24. The number of sulfonamides is 1. The second kappa shape index (κ2) is 10.7. The number of esters is 1. The van der Waals surface area contributed by atoms with Crippen molar-refractivity contribution in [2.45, 2.75) is 22.3 Å². The van der Waals surface area contributed by atoms with Crippen LogP contribution in [0.4, 0.5) is 10.8 Å². The molecule has 3 aromatic rings. The number of ether oxygens (including phenoxy) is 3. The van der Waals surface area contributed by atoms with E-state index in [4.69, 9.17) is 9.47 Å². The van der Waals surface area contributed by atoms with Gasteiger partial charge in [-0.25, -0.2) is 8.42 Å². The number of benzene rings is 2. The molecule has 190 valence electrons. The van der Waals surface area contributed by atoms with Crippen LogP contribution in [0.3, 0.4) is 0 Å². The number of amides is 1. The molecule has 1 aromatic heterocycles. The molecular weight excluding hydrogens is 528 g/mol. The Labute approximate surface area is 215 Å². The molecule has 0 fully saturated rings. The van der Waals surface area contributed by atoms with Gasteiger partial charge in [-0.1, -0.05) is 29.2 Å². The average Bonchev–Trinajstić information content (AvgIpc) is 3.33. The molecule has 2 heterocycles. The summed E-state index contributed by atoms with van der Waals surface area (Å²) in [4.78, 5) is 24.4. The lowest BCUT2D eigenvalue weighted by Crippen LogP contribution is -2.48. The Morgan fingerprint density at radius 2 is 1.94 bits per heavy atom. The van der Waals surface area contributed by atoms with Crippen LogP contribution in [0, 0.1) is 6.92 Å². The summed E-state index contributed by atoms with van der Waals surface area (Å²) in [6, 6.07) is 11.1. The lowest BCUT2D eigenvalue weighted by Gasteiger charge is -2.34. The first kappa shape index (κ1) is 25.7. The standard InChI is InChI=1S/C22H22N4O7S3/c1-13-4-9-17-16(10-13)26(36(29,30)15-7-5-14(31-2)6-8-15)11-18(33-17)20(28)23-21-24-25-22(35-21)34-12-19(27)32-3/h4-10,18H,11-12H2,1-3H3,(H,23,24,28). The summed E-state index contributed by atoms with van der Waals surface area (Å²) in [5.74, 6) is -0.166. The highest BCUT2D eigenvalue weighted by molar-refractivity contribution is 8.01. The fourth-order valence-corrected chi connectivity index (χ4v) is 6.34. The number of nitrogens with zero attached hydrogens (tertiary/aromatic N) is 3. The number of nitrogens with one attached hydrogen (secondary N) is 1. The highest BCUT2D eigenvalue weighted by Crippen LogP contribution is 2.38. The van der Waals surface area contributed by atoms with E-state index in [-0.39, 0.29) is 28.1 Å². The van der Waals surface area contributed by atoms with Gasteiger partial charge in [0.2, 0.25) is 5.13 Å². The molecule has 0 bridgehead atoms. The molecule has 0 saturated carbocycles. The molecule has 0 saturated heterocycles. The maximum absolute atomic E-state index is 13.6. The van der Waals surface area contributed by atoms with E-state index in [1.807, 2.05) is 6.92 Å². The number of thioether (sulfide) groups is 1. The zero-order chi connectivity index (χ0) is 25.9. The molecule has 11 nitrogen and oxygen atoms in total. The van der Waals surface area contributed by atoms with Gasteiger partial charge >= 0.3 is 5.97 Å². The fourth-order valence-electron chi connectivity index (χ4n) is 3.28. The Hall–Kier alpha value is -3.36. The van der Waals surface area contributed by atoms with Crippen molar-refractivity contribution in [3.63, 3.8) is 0 Å². The maximum atomic E-state index is 13.6. The summed E-state index contributed by atoms with van der Waals surface area (Å²) in [5, 5.41) is 10.6. The van der Waals surface area contributed by atoms with Crippen LogP contribution in [0.1, 0.15) is 5.56 Å². The van der Waals surface area contributed by atoms with Crippen molar-refractivity contribution in [2.24, 2.45) is 0 Å². The third-order valence-corrected chi connectivity index (χ3v) is 8.84. The second-order valence-corrected chi connectivity index (χ2v) is 11.6. The number of carbonyl (C=O) groups excluding carboxylic acids is 2. The first-order valence-electron chi connectivity index (χ1n) is 10.5. The first-order valence-corrected chi connectivity index (χ1v) is 13.7. The van der Waals surface area contributed by atoms with E-state index in [1.54, 1.807) is 30.3 Å². The average molecular weight is 551 g/mol. The number of anilines is 2.